The number of rotatable bonds is 32. The van der Waals surface area contributed by atoms with Crippen LogP contribution in [0, 0.1) is 16.7 Å². The third kappa shape index (κ3) is 18.4. The van der Waals surface area contributed by atoms with Gasteiger partial charge < -0.3 is 51.6 Å². The molecule has 4 saturated heterocycles. The summed E-state index contributed by atoms with van der Waals surface area (Å²) in [6.07, 6.45) is 21.2. The fourth-order valence-electron chi connectivity index (χ4n) is 11.2. The number of fused-ring (bicyclic) bond motifs is 2. The zero-order valence-electron chi connectivity index (χ0n) is 48.5. The van der Waals surface area contributed by atoms with Gasteiger partial charge in [-0.3, -0.25) is 28.8 Å². The summed E-state index contributed by atoms with van der Waals surface area (Å²) >= 11 is 3.38. The highest BCUT2D eigenvalue weighted by atomic mass is 32.2. The molecule has 0 bridgehead atoms. The Hall–Kier alpha value is -4.20. The van der Waals surface area contributed by atoms with Crippen LogP contribution in [0.5, 0.6) is 0 Å². The Labute approximate surface area is 475 Å². The first-order valence-corrected chi connectivity index (χ1v) is 30.9. The monoisotopic (exact) mass is 1120 g/mol. The number of benzene rings is 1. The zero-order chi connectivity index (χ0) is 57.0. The molecule has 9 atom stereocenters. The standard InChI is InChI=1S/C60H96N8O8S2/c1-11-12-22-27-41(2)46(64-54(71)51-58(3,4)36-49-67(51)48(69)35-42(40-78-49)34-45(62-9)53(61)70)38-75-31-25-19-17-15-13-14-16-18-20-26-32-76-39-47(43-28-23-21-24-29-43)65-55(72)52-59(5,6)37-50-68(52)56(73)44(30-33-77-50)66-57(74)60(7,8)63-10/h11-12,21-24,27-29,42,44-47,49-52,62-63H,2,13-20,25-26,30-40H2,1,3-10H3,(H2,61,70)(H,64,71)(H,65,72)(H,66,74)/b12-11-,27-22-/t42?,44-,45-,46+,47+,49-,50-,51+,52+/m0/s1. The van der Waals surface area contributed by atoms with Crippen LogP contribution in [-0.4, -0.2) is 144 Å². The van der Waals surface area contributed by atoms with Crippen LogP contribution >= 0.6 is 23.5 Å². The average molecular weight is 1120 g/mol. The lowest BCUT2D eigenvalue weighted by Crippen LogP contribution is -2.60. The first kappa shape index (κ1) is 64.6. The summed E-state index contributed by atoms with van der Waals surface area (Å²) in [7, 11) is 3.42. The van der Waals surface area contributed by atoms with E-state index in [1.165, 1.54) is 25.7 Å². The van der Waals surface area contributed by atoms with Gasteiger partial charge in [0.1, 0.15) is 18.1 Å². The normalized spacial score (nSPS) is 24.3. The second kappa shape index (κ2) is 31.1. The number of carbonyl (C=O) groups is 6. The van der Waals surface area contributed by atoms with Crippen LogP contribution in [0.15, 0.2) is 66.8 Å². The number of thioether (sulfide) groups is 2. The Morgan fingerprint density at radius 3 is 1.94 bits per heavy atom. The molecule has 0 saturated carbocycles. The topological polar surface area (TPSA) is 214 Å². The molecule has 18 heteroatoms. The van der Waals surface area contributed by atoms with Crippen LogP contribution in [-0.2, 0) is 38.2 Å². The molecule has 16 nitrogen and oxygen atoms in total. The lowest BCUT2D eigenvalue weighted by Gasteiger charge is -2.35. The van der Waals surface area contributed by atoms with Crippen molar-refractivity contribution in [1.82, 2.24) is 36.4 Å². The summed E-state index contributed by atoms with van der Waals surface area (Å²) in [5.41, 5.74) is 5.51. The molecular formula is C60H96N8O8S2. The minimum absolute atomic E-state index is 0.0281. The second-order valence-corrected chi connectivity index (χ2v) is 26.3. The summed E-state index contributed by atoms with van der Waals surface area (Å²) in [4.78, 5) is 85.3. The van der Waals surface area contributed by atoms with Gasteiger partial charge in [-0.05, 0) is 113 Å². The van der Waals surface area contributed by atoms with E-state index in [1.54, 1.807) is 61.3 Å². The number of nitrogens with one attached hydrogen (secondary N) is 5. The van der Waals surface area contributed by atoms with Crippen LogP contribution < -0.4 is 32.3 Å². The Balaban J connectivity index is 0.987. The Bertz CT molecular complexity index is 2210. The summed E-state index contributed by atoms with van der Waals surface area (Å²) in [5.74, 6) is 0.0220. The highest BCUT2D eigenvalue weighted by molar-refractivity contribution is 8.00. The van der Waals surface area contributed by atoms with Gasteiger partial charge in [0, 0.05) is 19.6 Å². The number of allylic oxidation sites excluding steroid dienone is 3. The van der Waals surface area contributed by atoms with Gasteiger partial charge in [-0.25, -0.2) is 0 Å². The summed E-state index contributed by atoms with van der Waals surface area (Å²) in [6.45, 7) is 19.8. The van der Waals surface area contributed by atoms with Crippen molar-refractivity contribution < 1.29 is 38.2 Å². The number of amides is 6. The molecule has 0 radical (unpaired) electrons. The largest absolute Gasteiger partial charge is 0.379 e. The maximum atomic E-state index is 14.4. The van der Waals surface area contributed by atoms with Crippen molar-refractivity contribution in [2.45, 2.75) is 197 Å². The van der Waals surface area contributed by atoms with Gasteiger partial charge in [0.2, 0.25) is 35.4 Å². The van der Waals surface area contributed by atoms with E-state index in [-0.39, 0.29) is 65.3 Å². The third-order valence-electron chi connectivity index (χ3n) is 16.2. The molecule has 1 aromatic rings. The highest BCUT2D eigenvalue weighted by Crippen LogP contribution is 2.48. The van der Waals surface area contributed by atoms with Crippen LogP contribution in [0.4, 0.5) is 0 Å². The number of likely N-dealkylation sites (N-methyl/N-ethyl adjacent to an activating group) is 2. The van der Waals surface area contributed by atoms with E-state index in [0.29, 0.717) is 57.0 Å². The van der Waals surface area contributed by atoms with E-state index in [0.717, 1.165) is 49.7 Å². The van der Waals surface area contributed by atoms with Crippen molar-refractivity contribution in [2.24, 2.45) is 22.5 Å². The van der Waals surface area contributed by atoms with E-state index in [9.17, 15) is 28.8 Å². The predicted octanol–water partition coefficient (Wildman–Crippen LogP) is 7.69. The van der Waals surface area contributed by atoms with Crippen LogP contribution in [0.3, 0.4) is 0 Å². The number of primary amides is 1. The maximum absolute atomic E-state index is 14.4. The minimum atomic E-state index is -0.844. The van der Waals surface area contributed by atoms with Gasteiger partial charge in [-0.2, -0.15) is 0 Å². The molecule has 4 heterocycles. The lowest BCUT2D eigenvalue weighted by atomic mass is 9.83. The Morgan fingerprint density at radius 1 is 0.795 bits per heavy atom. The number of unbranched alkanes of at least 4 members (excludes halogenated alkanes) is 9. The molecular weight excluding hydrogens is 1020 g/mol. The molecule has 4 fully saturated rings. The molecule has 0 aromatic heterocycles. The molecule has 1 aromatic carbocycles. The third-order valence-corrected chi connectivity index (χ3v) is 18.8. The maximum Gasteiger partial charge on any atom is 0.246 e. The van der Waals surface area contributed by atoms with E-state index < -0.39 is 52.5 Å². The van der Waals surface area contributed by atoms with Gasteiger partial charge in [0.25, 0.3) is 0 Å². The molecule has 0 aliphatic carbocycles. The van der Waals surface area contributed by atoms with Crippen LogP contribution in [0.2, 0.25) is 0 Å². The summed E-state index contributed by atoms with van der Waals surface area (Å²) < 4.78 is 12.4. The quantitative estimate of drug-likeness (QED) is 0.0303. The number of nitrogens with two attached hydrogens (primary N) is 1. The van der Waals surface area contributed by atoms with E-state index in [1.807, 2.05) is 61.6 Å². The smallest absolute Gasteiger partial charge is 0.246 e. The fourth-order valence-corrected chi connectivity index (χ4v) is 14.5. The first-order valence-electron chi connectivity index (χ1n) is 28.8. The van der Waals surface area contributed by atoms with Crippen LogP contribution in [0.1, 0.15) is 156 Å². The number of nitrogens with zero attached hydrogens (tertiary/aromatic N) is 2. The highest BCUT2D eigenvalue weighted by Gasteiger charge is 2.56. The molecule has 4 aliphatic rings. The van der Waals surface area contributed by atoms with Gasteiger partial charge in [-0.15, -0.1) is 23.5 Å². The average Bonchev–Trinajstić information content (AvgIpc) is 3.77. The second-order valence-electron chi connectivity index (χ2n) is 23.8. The Kier molecular flexibility index (Phi) is 25.8. The molecule has 78 heavy (non-hydrogen) atoms. The SMILES string of the molecule is C=C(/C=C\C=C/C)[C@@H](COCCCCCCCCCCCCOC[C@@H](NC(=O)[C@H]1N2C(=O)[C@@H](NC(=O)C(C)(C)NC)CCS[C@H]2CC1(C)C)c1ccccc1)NC(=O)[C@H]1N2C(=O)CC(C[C@H](NC)C(N)=O)CS[C@H]2CC1(C)C. The van der Waals surface area contributed by atoms with Crippen molar-refractivity contribution in [3.8, 4) is 0 Å². The number of ether oxygens (including phenoxy) is 2. The van der Waals surface area contributed by atoms with Crippen molar-refractivity contribution in [3.05, 3.63) is 72.4 Å². The molecule has 7 N–H and O–H groups in total. The molecule has 1 unspecified atom stereocenters. The van der Waals surface area contributed by atoms with E-state index >= 15 is 0 Å². The van der Waals surface area contributed by atoms with Gasteiger partial charge in [-0.1, -0.05) is 140 Å². The van der Waals surface area contributed by atoms with Gasteiger partial charge in [0.05, 0.1) is 47.6 Å². The van der Waals surface area contributed by atoms with Crippen molar-refractivity contribution in [2.75, 3.05) is 52.0 Å². The fraction of sp³-hybridized carbons (Fsp3) is 0.700. The molecule has 0 spiro atoms. The summed E-state index contributed by atoms with van der Waals surface area (Å²) in [6, 6.07) is 6.45. The van der Waals surface area contributed by atoms with Crippen molar-refractivity contribution in [1.29, 1.82) is 0 Å². The van der Waals surface area contributed by atoms with Crippen molar-refractivity contribution in [3.63, 3.8) is 0 Å². The molecule has 436 valence electrons. The molecule has 4 aliphatic heterocycles. The molecule has 5 rings (SSSR count). The predicted molar refractivity (Wildman–Crippen MR) is 315 cm³/mol. The van der Waals surface area contributed by atoms with Gasteiger partial charge >= 0.3 is 0 Å². The van der Waals surface area contributed by atoms with E-state index in [4.69, 9.17) is 15.2 Å². The minimum Gasteiger partial charge on any atom is -0.379 e. The number of hydrogen-bond donors (Lipinski definition) is 6. The van der Waals surface area contributed by atoms with E-state index in [2.05, 4.69) is 60.9 Å². The first-order chi connectivity index (χ1) is 37.1. The Morgan fingerprint density at radius 2 is 1.36 bits per heavy atom. The zero-order valence-corrected chi connectivity index (χ0v) is 50.1. The molecule has 6 amide bonds. The number of carbonyl (C=O) groups excluding carboxylic acids is 6. The van der Waals surface area contributed by atoms with Crippen molar-refractivity contribution >= 4 is 59.0 Å². The van der Waals surface area contributed by atoms with Crippen LogP contribution in [0.25, 0.3) is 0 Å². The number of hydrogen-bond acceptors (Lipinski definition) is 12. The lowest BCUT2D eigenvalue weighted by molar-refractivity contribution is -0.144. The van der Waals surface area contributed by atoms with Gasteiger partial charge in [0.15, 0.2) is 0 Å². The summed E-state index contributed by atoms with van der Waals surface area (Å²) in [5, 5.41) is 15.2.